The van der Waals surface area contributed by atoms with E-state index in [1.54, 1.807) is 6.07 Å². The molecule has 0 spiro atoms. The van der Waals surface area contributed by atoms with Crippen LogP contribution < -0.4 is 10.4 Å². The van der Waals surface area contributed by atoms with Gasteiger partial charge in [-0.25, -0.2) is 4.79 Å². The van der Waals surface area contributed by atoms with Gasteiger partial charge in [0.25, 0.3) is 5.78 Å². The van der Waals surface area contributed by atoms with Crippen LogP contribution in [0.1, 0.15) is 58.3 Å². The zero-order valence-corrected chi connectivity index (χ0v) is 15.9. The lowest BCUT2D eigenvalue weighted by Crippen LogP contribution is -2.34. The van der Waals surface area contributed by atoms with Crippen LogP contribution in [0, 0.1) is 10.8 Å². The second-order valence-corrected chi connectivity index (χ2v) is 8.32. The molecule has 0 unspecified atom stereocenters. The van der Waals surface area contributed by atoms with Crippen molar-refractivity contribution in [3.05, 3.63) is 23.8 Å². The van der Waals surface area contributed by atoms with Crippen LogP contribution in [0.4, 0.5) is 11.4 Å². The molecular weight excluding hydrogens is 336 g/mol. The van der Waals surface area contributed by atoms with Crippen LogP contribution in [0.2, 0.25) is 0 Å². The van der Waals surface area contributed by atoms with E-state index in [-0.39, 0.29) is 22.6 Å². The number of nitrogens with zero attached hydrogens (tertiary/aromatic N) is 1. The zero-order chi connectivity index (χ0) is 19.9. The average molecular weight is 360 g/mol. The number of fused-ring (bicyclic) bond motifs is 1. The number of benzene rings is 1. The van der Waals surface area contributed by atoms with E-state index in [2.05, 4.69) is 26.1 Å². The van der Waals surface area contributed by atoms with Crippen molar-refractivity contribution < 1.29 is 24.0 Å². The fraction of sp³-hybridized carbons (Fsp3) is 0.474. The van der Waals surface area contributed by atoms with Crippen molar-refractivity contribution in [1.29, 1.82) is 0 Å². The highest BCUT2D eigenvalue weighted by molar-refractivity contribution is 6.52. The SMILES string of the molecule is CC(=O)ON1C(=O)C(=O)c2ccc(NC(=O)C(C)(C)CC(C)(C)C)cc21. The summed E-state index contributed by atoms with van der Waals surface area (Å²) in [6.45, 7) is 11.0. The molecule has 7 nitrogen and oxygen atoms in total. The number of ketones is 1. The van der Waals surface area contributed by atoms with Crippen LogP contribution in [-0.2, 0) is 19.2 Å². The third-order valence-electron chi connectivity index (χ3n) is 3.90. The van der Waals surface area contributed by atoms with Gasteiger partial charge in [0.1, 0.15) is 0 Å². The van der Waals surface area contributed by atoms with Gasteiger partial charge in [-0.2, -0.15) is 0 Å². The number of hydrogen-bond acceptors (Lipinski definition) is 5. The molecule has 1 aromatic carbocycles. The van der Waals surface area contributed by atoms with Crippen molar-refractivity contribution in [2.75, 3.05) is 10.4 Å². The van der Waals surface area contributed by atoms with Crippen LogP contribution in [0.15, 0.2) is 18.2 Å². The van der Waals surface area contributed by atoms with Gasteiger partial charge in [-0.1, -0.05) is 34.6 Å². The molecule has 140 valence electrons. The van der Waals surface area contributed by atoms with Gasteiger partial charge in [0.15, 0.2) is 0 Å². The van der Waals surface area contributed by atoms with Gasteiger partial charge in [-0.3, -0.25) is 14.4 Å². The van der Waals surface area contributed by atoms with Gasteiger partial charge in [-0.05, 0) is 30.0 Å². The number of nitrogens with one attached hydrogen (secondary N) is 1. The topological polar surface area (TPSA) is 92.8 Å². The fourth-order valence-electron chi connectivity index (χ4n) is 3.21. The summed E-state index contributed by atoms with van der Waals surface area (Å²) in [5.41, 5.74) is 0.0441. The van der Waals surface area contributed by atoms with E-state index in [4.69, 9.17) is 4.84 Å². The summed E-state index contributed by atoms with van der Waals surface area (Å²) >= 11 is 0. The monoisotopic (exact) mass is 360 g/mol. The Bertz CT molecular complexity index is 790. The van der Waals surface area contributed by atoms with E-state index < -0.39 is 23.1 Å². The Morgan fingerprint density at radius 3 is 2.27 bits per heavy atom. The first-order valence-corrected chi connectivity index (χ1v) is 8.35. The van der Waals surface area contributed by atoms with E-state index in [1.165, 1.54) is 12.1 Å². The number of hydroxylamine groups is 1. The van der Waals surface area contributed by atoms with Crippen LogP contribution in [0.3, 0.4) is 0 Å². The summed E-state index contributed by atoms with van der Waals surface area (Å²) in [6, 6.07) is 4.43. The first-order chi connectivity index (χ1) is 11.8. The molecule has 7 heteroatoms. The molecule has 0 aliphatic carbocycles. The number of hydrogen-bond donors (Lipinski definition) is 1. The van der Waals surface area contributed by atoms with Crippen molar-refractivity contribution >= 4 is 34.9 Å². The first-order valence-electron chi connectivity index (χ1n) is 8.35. The third-order valence-corrected chi connectivity index (χ3v) is 3.90. The molecule has 0 bridgehead atoms. The summed E-state index contributed by atoms with van der Waals surface area (Å²) in [7, 11) is 0. The average Bonchev–Trinajstić information content (AvgIpc) is 2.69. The maximum Gasteiger partial charge on any atom is 0.332 e. The standard InChI is InChI=1S/C19H24N2O5/c1-11(22)26-21-14-9-12(7-8-13(14)15(23)16(21)24)20-17(25)19(5,6)10-18(2,3)4/h7-9H,10H2,1-6H3,(H,20,25). The molecule has 2 amide bonds. The summed E-state index contributed by atoms with van der Waals surface area (Å²) in [5.74, 6) is -2.60. The van der Waals surface area contributed by atoms with Crippen molar-refractivity contribution in [3.63, 3.8) is 0 Å². The lowest BCUT2D eigenvalue weighted by molar-refractivity contribution is -0.146. The van der Waals surface area contributed by atoms with Gasteiger partial charge < -0.3 is 10.2 Å². The summed E-state index contributed by atoms with van der Waals surface area (Å²) < 4.78 is 0. The van der Waals surface area contributed by atoms with Crippen LogP contribution >= 0.6 is 0 Å². The van der Waals surface area contributed by atoms with E-state index in [0.29, 0.717) is 17.2 Å². The van der Waals surface area contributed by atoms with E-state index in [1.807, 2.05) is 13.8 Å². The molecule has 1 aliphatic rings. The predicted molar refractivity (Wildman–Crippen MR) is 96.5 cm³/mol. The number of carbonyl (C=O) groups is 4. The maximum absolute atomic E-state index is 12.7. The molecule has 1 heterocycles. The van der Waals surface area contributed by atoms with E-state index >= 15 is 0 Å². The molecule has 1 N–H and O–H groups in total. The Morgan fingerprint density at radius 2 is 1.73 bits per heavy atom. The van der Waals surface area contributed by atoms with Gasteiger partial charge >= 0.3 is 11.9 Å². The van der Waals surface area contributed by atoms with Gasteiger partial charge in [-0.15, -0.1) is 5.06 Å². The normalized spacial score (nSPS) is 14.3. The highest BCUT2D eigenvalue weighted by Crippen LogP contribution is 2.36. The van der Waals surface area contributed by atoms with Gasteiger partial charge in [0.2, 0.25) is 5.91 Å². The lowest BCUT2D eigenvalue weighted by Gasteiger charge is -2.31. The Morgan fingerprint density at radius 1 is 1.12 bits per heavy atom. The molecule has 0 saturated carbocycles. The van der Waals surface area contributed by atoms with Crippen molar-refractivity contribution in [3.8, 4) is 0 Å². The number of amides is 2. The fourth-order valence-corrected chi connectivity index (χ4v) is 3.21. The van der Waals surface area contributed by atoms with Crippen LogP contribution in [0.25, 0.3) is 0 Å². The minimum absolute atomic E-state index is 0.0241. The number of carbonyl (C=O) groups excluding carboxylic acids is 4. The van der Waals surface area contributed by atoms with Gasteiger partial charge in [0, 0.05) is 18.0 Å². The van der Waals surface area contributed by atoms with Crippen molar-refractivity contribution in [2.45, 2.75) is 48.0 Å². The minimum Gasteiger partial charge on any atom is -0.333 e. The van der Waals surface area contributed by atoms with E-state index in [0.717, 1.165) is 6.92 Å². The molecule has 26 heavy (non-hydrogen) atoms. The third kappa shape index (κ3) is 4.09. The highest BCUT2D eigenvalue weighted by Gasteiger charge is 2.39. The molecule has 0 saturated heterocycles. The van der Waals surface area contributed by atoms with Crippen LogP contribution in [0.5, 0.6) is 0 Å². The largest absolute Gasteiger partial charge is 0.333 e. The van der Waals surface area contributed by atoms with E-state index in [9.17, 15) is 19.2 Å². The number of Topliss-reactive ketones (excluding diaryl/α,β-unsaturated/α-hetero) is 1. The second kappa shape index (κ2) is 6.55. The van der Waals surface area contributed by atoms with Crippen molar-refractivity contribution in [1.82, 2.24) is 0 Å². The molecule has 0 atom stereocenters. The van der Waals surface area contributed by atoms with Gasteiger partial charge in [0.05, 0.1) is 11.3 Å². The highest BCUT2D eigenvalue weighted by atomic mass is 16.7. The first kappa shape index (κ1) is 19.6. The second-order valence-electron chi connectivity index (χ2n) is 8.32. The number of anilines is 2. The Labute approximate surface area is 152 Å². The van der Waals surface area contributed by atoms with Crippen molar-refractivity contribution in [2.24, 2.45) is 10.8 Å². The maximum atomic E-state index is 12.7. The molecule has 1 aliphatic heterocycles. The Hall–Kier alpha value is -2.70. The smallest absolute Gasteiger partial charge is 0.332 e. The number of rotatable bonds is 4. The molecule has 0 radical (unpaired) electrons. The predicted octanol–water partition coefficient (Wildman–Crippen LogP) is 3.09. The minimum atomic E-state index is -0.938. The molecule has 0 aromatic heterocycles. The summed E-state index contributed by atoms with van der Waals surface area (Å²) in [5, 5.41) is 3.47. The quantitative estimate of drug-likeness (QED) is 0.833. The molecule has 2 rings (SSSR count). The molecule has 1 aromatic rings. The summed E-state index contributed by atoms with van der Waals surface area (Å²) in [6.07, 6.45) is 0.674. The molecular formula is C19H24N2O5. The Balaban J connectivity index is 2.27. The summed E-state index contributed by atoms with van der Waals surface area (Å²) in [4.78, 5) is 52.6. The lowest BCUT2D eigenvalue weighted by atomic mass is 9.75. The molecule has 0 fully saturated rings. The Kier molecular flexibility index (Phi) is 4.94. The van der Waals surface area contributed by atoms with Crippen LogP contribution in [-0.4, -0.2) is 23.6 Å². The zero-order valence-electron chi connectivity index (χ0n) is 15.9.